The quantitative estimate of drug-likeness (QED) is 0.459. The van der Waals surface area contributed by atoms with E-state index < -0.39 is 0 Å². The molecule has 0 radical (unpaired) electrons. The minimum Gasteiger partial charge on any atom is -0.304 e. The lowest BCUT2D eigenvalue weighted by Crippen LogP contribution is -2.03. The largest absolute Gasteiger partial charge is 0.304 e. The first-order valence-corrected chi connectivity index (χ1v) is 4.96. The number of hydrogen-bond acceptors (Lipinski definition) is 3. The van der Waals surface area contributed by atoms with Crippen molar-refractivity contribution in [2.75, 3.05) is 18.1 Å². The van der Waals surface area contributed by atoms with Crippen LogP contribution in [0.5, 0.6) is 0 Å². The zero-order valence-corrected chi connectivity index (χ0v) is 7.45. The summed E-state index contributed by atoms with van der Waals surface area (Å²) in [6.07, 6.45) is 3.97. The molecule has 0 bridgehead atoms. The topological polar surface area (TPSA) is 35.2 Å². The molecule has 0 spiro atoms. The van der Waals surface area contributed by atoms with Gasteiger partial charge in [-0.05, 0) is 12.2 Å². The summed E-state index contributed by atoms with van der Waals surface area (Å²) in [5.41, 5.74) is 0. The zero-order chi connectivity index (χ0) is 7.66. The molecule has 0 aromatic rings. The molecule has 0 rings (SSSR count). The lowest BCUT2D eigenvalue weighted by molar-refractivity contribution is 0.155. The van der Waals surface area contributed by atoms with Crippen molar-refractivity contribution < 1.29 is 4.84 Å². The molecule has 0 heterocycles. The summed E-state index contributed by atoms with van der Waals surface area (Å²) in [5.74, 6) is 7.13. The van der Waals surface area contributed by atoms with Crippen LogP contribution in [-0.4, -0.2) is 18.1 Å². The molecule has 0 atom stereocenters. The molecule has 0 saturated carbocycles. The van der Waals surface area contributed by atoms with Crippen LogP contribution >= 0.6 is 11.8 Å². The molecule has 2 nitrogen and oxygen atoms in total. The van der Waals surface area contributed by atoms with E-state index >= 15 is 0 Å². The van der Waals surface area contributed by atoms with Gasteiger partial charge in [0.2, 0.25) is 0 Å². The molecule has 0 aliphatic rings. The van der Waals surface area contributed by atoms with Crippen molar-refractivity contribution in [2.45, 2.75) is 26.2 Å². The molecule has 0 unspecified atom stereocenters. The average Bonchev–Trinajstić information content (AvgIpc) is 1.97. The third kappa shape index (κ3) is 8.27. The normalized spacial score (nSPS) is 10.2. The molecular weight excluding hydrogens is 146 g/mol. The van der Waals surface area contributed by atoms with Crippen LogP contribution < -0.4 is 5.90 Å². The highest BCUT2D eigenvalue weighted by atomic mass is 32.2. The highest BCUT2D eigenvalue weighted by molar-refractivity contribution is 7.99. The van der Waals surface area contributed by atoms with Crippen LogP contribution in [0, 0.1) is 0 Å². The smallest absolute Gasteiger partial charge is 0.0769 e. The summed E-state index contributed by atoms with van der Waals surface area (Å²) in [7, 11) is 0. The fourth-order valence-corrected chi connectivity index (χ4v) is 1.49. The van der Waals surface area contributed by atoms with E-state index in [2.05, 4.69) is 11.8 Å². The molecule has 3 heteroatoms. The van der Waals surface area contributed by atoms with Crippen molar-refractivity contribution in [1.82, 2.24) is 0 Å². The van der Waals surface area contributed by atoms with E-state index in [4.69, 9.17) is 5.90 Å². The van der Waals surface area contributed by atoms with Crippen LogP contribution in [0.2, 0.25) is 0 Å². The Morgan fingerprint density at radius 2 is 2.10 bits per heavy atom. The lowest BCUT2D eigenvalue weighted by atomic mass is 10.3. The van der Waals surface area contributed by atoms with E-state index in [9.17, 15) is 0 Å². The Labute approximate surface area is 67.5 Å². The number of hydrogen-bond donors (Lipinski definition) is 1. The second-order valence-electron chi connectivity index (χ2n) is 2.19. The summed E-state index contributed by atoms with van der Waals surface area (Å²) >= 11 is 1.91. The highest BCUT2D eigenvalue weighted by Gasteiger charge is 1.87. The minimum absolute atomic E-state index is 0.677. The van der Waals surface area contributed by atoms with Crippen LogP contribution in [0.1, 0.15) is 26.2 Å². The number of nitrogens with two attached hydrogens (primary N) is 1. The van der Waals surface area contributed by atoms with Crippen LogP contribution in [-0.2, 0) is 4.84 Å². The van der Waals surface area contributed by atoms with Crippen molar-refractivity contribution >= 4 is 11.8 Å². The van der Waals surface area contributed by atoms with Crippen LogP contribution in [0.25, 0.3) is 0 Å². The van der Waals surface area contributed by atoms with Gasteiger partial charge in [0.1, 0.15) is 0 Å². The third-order valence-electron chi connectivity index (χ3n) is 1.24. The minimum atomic E-state index is 0.677. The third-order valence-corrected chi connectivity index (χ3v) is 2.27. The highest BCUT2D eigenvalue weighted by Crippen LogP contribution is 2.04. The van der Waals surface area contributed by atoms with Gasteiger partial charge in [0.25, 0.3) is 0 Å². The first-order valence-electron chi connectivity index (χ1n) is 3.81. The monoisotopic (exact) mass is 163 g/mol. The van der Waals surface area contributed by atoms with Gasteiger partial charge in [-0.2, -0.15) is 11.8 Å². The fraction of sp³-hybridized carbons (Fsp3) is 1.00. The first kappa shape index (κ1) is 10.3. The predicted molar refractivity (Wildman–Crippen MR) is 47.0 cm³/mol. The molecule has 10 heavy (non-hydrogen) atoms. The van der Waals surface area contributed by atoms with Crippen molar-refractivity contribution in [3.63, 3.8) is 0 Å². The molecule has 0 saturated heterocycles. The summed E-state index contributed by atoms with van der Waals surface area (Å²) in [6, 6.07) is 0. The van der Waals surface area contributed by atoms with Crippen molar-refractivity contribution in [3.05, 3.63) is 0 Å². The van der Waals surface area contributed by atoms with Crippen LogP contribution in [0.4, 0.5) is 0 Å². The van der Waals surface area contributed by atoms with E-state index in [1.165, 1.54) is 25.0 Å². The Bertz CT molecular complexity index is 53.6. The van der Waals surface area contributed by atoms with Crippen molar-refractivity contribution in [3.8, 4) is 0 Å². The number of unbranched alkanes of at least 4 members (excludes halogenated alkanes) is 2. The lowest BCUT2D eigenvalue weighted by Gasteiger charge is -1.98. The van der Waals surface area contributed by atoms with E-state index in [-0.39, 0.29) is 0 Å². The first-order chi connectivity index (χ1) is 4.91. The fourth-order valence-electron chi connectivity index (χ4n) is 0.663. The zero-order valence-electron chi connectivity index (χ0n) is 6.64. The van der Waals surface area contributed by atoms with E-state index in [1.54, 1.807) is 0 Å². The van der Waals surface area contributed by atoms with Gasteiger partial charge < -0.3 is 4.84 Å². The average molecular weight is 163 g/mol. The Kier molecular flexibility index (Phi) is 9.52. The summed E-state index contributed by atoms with van der Waals surface area (Å²) in [6.45, 7) is 2.89. The number of rotatable bonds is 7. The van der Waals surface area contributed by atoms with Gasteiger partial charge in [-0.25, -0.2) is 5.90 Å². The van der Waals surface area contributed by atoms with Gasteiger partial charge in [-0.3, -0.25) is 0 Å². The maximum absolute atomic E-state index is 4.86. The second kappa shape index (κ2) is 9.27. The molecule has 0 amide bonds. The van der Waals surface area contributed by atoms with Gasteiger partial charge in [0.15, 0.2) is 0 Å². The van der Waals surface area contributed by atoms with Crippen molar-refractivity contribution in [2.24, 2.45) is 5.90 Å². The van der Waals surface area contributed by atoms with Gasteiger partial charge in [0, 0.05) is 5.75 Å². The van der Waals surface area contributed by atoms with Gasteiger partial charge in [-0.1, -0.05) is 19.8 Å². The van der Waals surface area contributed by atoms with Gasteiger partial charge in [0.05, 0.1) is 6.61 Å². The maximum Gasteiger partial charge on any atom is 0.0769 e. The van der Waals surface area contributed by atoms with E-state index in [0.29, 0.717) is 6.61 Å². The maximum atomic E-state index is 4.86. The van der Waals surface area contributed by atoms with Crippen LogP contribution in [0.3, 0.4) is 0 Å². The Morgan fingerprint density at radius 3 is 2.70 bits per heavy atom. The van der Waals surface area contributed by atoms with Crippen molar-refractivity contribution in [1.29, 1.82) is 0 Å². The molecule has 0 aliphatic carbocycles. The molecular formula is C7H17NOS. The molecule has 62 valence electrons. The molecule has 0 fully saturated rings. The van der Waals surface area contributed by atoms with E-state index in [0.717, 1.165) is 5.75 Å². The Morgan fingerprint density at radius 1 is 1.30 bits per heavy atom. The molecule has 0 aromatic heterocycles. The summed E-state index contributed by atoms with van der Waals surface area (Å²) in [5, 5.41) is 0. The Hall–Kier alpha value is 0.270. The second-order valence-corrected chi connectivity index (χ2v) is 3.42. The van der Waals surface area contributed by atoms with Gasteiger partial charge in [-0.15, -0.1) is 0 Å². The number of thioether (sulfide) groups is 1. The molecule has 2 N–H and O–H groups in total. The SMILES string of the molecule is CCCCCSCCON. The Balaban J connectivity index is 2.65. The standard InChI is InChI=1S/C7H17NOS/c1-2-3-4-6-10-7-5-9-8/h2-8H2,1H3. The van der Waals surface area contributed by atoms with Crippen LogP contribution in [0.15, 0.2) is 0 Å². The molecule has 0 aromatic carbocycles. The summed E-state index contributed by atoms with van der Waals surface area (Å²) in [4.78, 5) is 4.43. The summed E-state index contributed by atoms with van der Waals surface area (Å²) < 4.78 is 0. The van der Waals surface area contributed by atoms with Gasteiger partial charge >= 0.3 is 0 Å². The van der Waals surface area contributed by atoms with E-state index in [1.807, 2.05) is 11.8 Å². The predicted octanol–water partition coefficient (Wildman–Crippen LogP) is 1.80. The molecule has 0 aliphatic heterocycles.